The van der Waals surface area contributed by atoms with Crippen LogP contribution in [0.2, 0.25) is 5.02 Å². The van der Waals surface area contributed by atoms with E-state index in [0.29, 0.717) is 0 Å². The zero-order valence-corrected chi connectivity index (χ0v) is 14.2. The molecule has 1 aliphatic rings. The Morgan fingerprint density at radius 2 is 2.04 bits per heavy atom. The highest BCUT2D eigenvalue weighted by Crippen LogP contribution is 2.28. The molecular formula is C15H10ClN5O5. The Labute approximate surface area is 151 Å². The van der Waals surface area contributed by atoms with Gasteiger partial charge in [0.15, 0.2) is 5.71 Å². The number of imide groups is 3. The molecule has 0 bridgehead atoms. The van der Waals surface area contributed by atoms with Crippen molar-refractivity contribution in [3.63, 3.8) is 0 Å². The Bertz CT molecular complexity index is 960. The number of halogens is 1. The zero-order chi connectivity index (χ0) is 19.6. The normalized spacial score (nSPS) is 15.9. The minimum atomic E-state index is -1.04. The molecule has 0 unspecified atom stereocenters. The Kier molecular flexibility index (Phi) is 5.14. The van der Waals surface area contributed by atoms with Gasteiger partial charge in [0.25, 0.3) is 17.5 Å². The molecule has 0 aromatic heterocycles. The molecule has 0 saturated heterocycles. The average Bonchev–Trinajstić information content (AvgIpc) is 2.55. The summed E-state index contributed by atoms with van der Waals surface area (Å²) in [5.41, 5.74) is 1.01. The Morgan fingerprint density at radius 1 is 1.38 bits per heavy atom. The minimum Gasteiger partial charge on any atom is -0.274 e. The first kappa shape index (κ1) is 18.8. The maximum absolute atomic E-state index is 12.4. The van der Waals surface area contributed by atoms with Crippen LogP contribution < -0.4 is 5.43 Å². The van der Waals surface area contributed by atoms with Crippen LogP contribution in [-0.4, -0.2) is 33.3 Å². The minimum absolute atomic E-state index is 0.0517. The SMILES string of the molecule is CC(=O)N1C(=O)C(C#N)=C(C)/C(=N/Nc2ccc(Cl)cc2[N+](=O)[O-])C1=O. The van der Waals surface area contributed by atoms with Crippen molar-refractivity contribution in [2.24, 2.45) is 5.10 Å². The number of nitro benzene ring substituents is 1. The van der Waals surface area contributed by atoms with E-state index >= 15 is 0 Å². The molecule has 1 N–H and O–H groups in total. The third-order valence-corrected chi connectivity index (χ3v) is 3.66. The summed E-state index contributed by atoms with van der Waals surface area (Å²) < 4.78 is 0. The molecule has 0 saturated carbocycles. The lowest BCUT2D eigenvalue weighted by Crippen LogP contribution is -2.49. The summed E-state index contributed by atoms with van der Waals surface area (Å²) in [6, 6.07) is 5.35. The lowest BCUT2D eigenvalue weighted by atomic mass is 9.99. The number of carbonyl (C=O) groups excluding carboxylic acids is 3. The second kappa shape index (κ2) is 7.12. The van der Waals surface area contributed by atoms with E-state index in [1.807, 2.05) is 0 Å². The first-order chi connectivity index (χ1) is 12.2. The van der Waals surface area contributed by atoms with Gasteiger partial charge < -0.3 is 0 Å². The van der Waals surface area contributed by atoms with Crippen molar-refractivity contribution in [2.75, 3.05) is 5.43 Å². The van der Waals surface area contributed by atoms with Crippen LogP contribution in [-0.2, 0) is 14.4 Å². The third-order valence-electron chi connectivity index (χ3n) is 3.42. The molecule has 132 valence electrons. The number of nitro groups is 1. The van der Waals surface area contributed by atoms with Gasteiger partial charge in [-0.1, -0.05) is 11.6 Å². The molecule has 2 rings (SSSR count). The standard InChI is InChI=1S/C15H10ClN5O5/c1-7-10(6-17)14(23)20(8(2)22)15(24)13(7)19-18-11-4-3-9(16)5-12(11)21(25)26/h3-5,18H,1-2H3/b19-13-. The number of nitrogens with one attached hydrogen (secondary N) is 1. The van der Waals surface area contributed by atoms with E-state index in [2.05, 4.69) is 10.5 Å². The molecule has 0 aliphatic carbocycles. The van der Waals surface area contributed by atoms with Gasteiger partial charge in [0.05, 0.1) is 4.92 Å². The highest BCUT2D eigenvalue weighted by atomic mass is 35.5. The molecule has 10 nitrogen and oxygen atoms in total. The van der Waals surface area contributed by atoms with Gasteiger partial charge in [0, 0.05) is 23.6 Å². The topological polar surface area (TPSA) is 146 Å². The van der Waals surface area contributed by atoms with Gasteiger partial charge in [-0.2, -0.15) is 10.4 Å². The number of carbonyl (C=O) groups is 3. The fourth-order valence-corrected chi connectivity index (χ4v) is 2.33. The third kappa shape index (κ3) is 3.28. The van der Waals surface area contributed by atoms with Crippen LogP contribution in [0.5, 0.6) is 0 Å². The van der Waals surface area contributed by atoms with Crippen molar-refractivity contribution in [3.05, 3.63) is 44.5 Å². The van der Waals surface area contributed by atoms with Crippen LogP contribution in [0.25, 0.3) is 0 Å². The summed E-state index contributed by atoms with van der Waals surface area (Å²) in [6.45, 7) is 2.29. The van der Waals surface area contributed by atoms with Crippen LogP contribution in [0.15, 0.2) is 34.4 Å². The fourth-order valence-electron chi connectivity index (χ4n) is 2.17. The average molecular weight is 376 g/mol. The quantitative estimate of drug-likeness (QED) is 0.481. The summed E-state index contributed by atoms with van der Waals surface area (Å²) in [7, 11) is 0. The number of benzene rings is 1. The summed E-state index contributed by atoms with van der Waals surface area (Å²) in [4.78, 5) is 46.6. The van der Waals surface area contributed by atoms with Crippen molar-refractivity contribution in [1.82, 2.24) is 4.90 Å². The Morgan fingerprint density at radius 3 is 2.58 bits per heavy atom. The molecular weight excluding hydrogens is 366 g/mol. The van der Waals surface area contributed by atoms with Gasteiger partial charge in [-0.3, -0.25) is 29.9 Å². The fraction of sp³-hybridized carbons (Fsp3) is 0.133. The van der Waals surface area contributed by atoms with Crippen LogP contribution >= 0.6 is 11.6 Å². The number of hydrogen-bond acceptors (Lipinski definition) is 8. The molecule has 0 atom stereocenters. The first-order valence-electron chi connectivity index (χ1n) is 6.97. The van der Waals surface area contributed by atoms with Crippen LogP contribution in [0.1, 0.15) is 13.8 Å². The summed E-state index contributed by atoms with van der Waals surface area (Å²) in [5, 5.41) is 24.1. The van der Waals surface area contributed by atoms with E-state index in [1.165, 1.54) is 19.1 Å². The van der Waals surface area contributed by atoms with Gasteiger partial charge in [0.1, 0.15) is 17.3 Å². The predicted molar refractivity (Wildman–Crippen MR) is 90.0 cm³/mol. The van der Waals surface area contributed by atoms with Gasteiger partial charge in [-0.05, 0) is 19.1 Å². The predicted octanol–water partition coefficient (Wildman–Crippen LogP) is 1.77. The van der Waals surface area contributed by atoms with Crippen molar-refractivity contribution >= 4 is 46.4 Å². The van der Waals surface area contributed by atoms with Crippen LogP contribution in [0, 0.1) is 21.4 Å². The number of hydrazone groups is 1. The van der Waals surface area contributed by atoms with Crippen molar-refractivity contribution in [2.45, 2.75) is 13.8 Å². The van der Waals surface area contributed by atoms with Gasteiger partial charge in [-0.15, -0.1) is 0 Å². The molecule has 0 radical (unpaired) electrons. The van der Waals surface area contributed by atoms with E-state index in [0.717, 1.165) is 13.0 Å². The van der Waals surface area contributed by atoms with Gasteiger partial charge >= 0.3 is 0 Å². The maximum atomic E-state index is 12.4. The molecule has 0 fully saturated rings. The summed E-state index contributed by atoms with van der Waals surface area (Å²) in [5.74, 6) is -2.97. The van der Waals surface area contributed by atoms with E-state index in [4.69, 9.17) is 16.9 Å². The largest absolute Gasteiger partial charge is 0.295 e. The van der Waals surface area contributed by atoms with Gasteiger partial charge in [0.2, 0.25) is 5.91 Å². The second-order valence-electron chi connectivity index (χ2n) is 5.07. The number of nitriles is 1. The Balaban J connectivity index is 2.53. The van der Waals surface area contributed by atoms with Gasteiger partial charge in [-0.25, -0.2) is 4.90 Å². The molecule has 1 aromatic rings. The molecule has 1 aromatic carbocycles. The molecule has 11 heteroatoms. The van der Waals surface area contributed by atoms with E-state index in [9.17, 15) is 24.5 Å². The highest BCUT2D eigenvalue weighted by molar-refractivity contribution is 6.53. The van der Waals surface area contributed by atoms with Crippen LogP contribution in [0.3, 0.4) is 0 Å². The first-order valence-corrected chi connectivity index (χ1v) is 7.35. The summed E-state index contributed by atoms with van der Waals surface area (Å²) >= 11 is 5.72. The number of anilines is 1. The molecule has 1 aliphatic heterocycles. The number of hydrogen-bond donors (Lipinski definition) is 1. The number of amides is 3. The molecule has 3 amide bonds. The smallest absolute Gasteiger partial charge is 0.274 e. The molecule has 1 heterocycles. The van der Waals surface area contributed by atoms with Crippen molar-refractivity contribution in [1.29, 1.82) is 5.26 Å². The molecule has 0 spiro atoms. The van der Waals surface area contributed by atoms with E-state index in [-0.39, 0.29) is 26.9 Å². The monoisotopic (exact) mass is 375 g/mol. The highest BCUT2D eigenvalue weighted by Gasteiger charge is 2.39. The van der Waals surface area contributed by atoms with Crippen molar-refractivity contribution < 1.29 is 19.3 Å². The lowest BCUT2D eigenvalue weighted by molar-refractivity contribution is -0.383. The van der Waals surface area contributed by atoms with E-state index < -0.39 is 33.9 Å². The lowest BCUT2D eigenvalue weighted by Gasteiger charge is -2.23. The number of rotatable bonds is 3. The van der Waals surface area contributed by atoms with Crippen molar-refractivity contribution in [3.8, 4) is 6.07 Å². The molecule has 26 heavy (non-hydrogen) atoms. The zero-order valence-electron chi connectivity index (χ0n) is 13.4. The maximum Gasteiger partial charge on any atom is 0.295 e. The van der Waals surface area contributed by atoms with E-state index in [1.54, 1.807) is 6.07 Å². The summed E-state index contributed by atoms with van der Waals surface area (Å²) in [6.07, 6.45) is 0. The second-order valence-corrected chi connectivity index (χ2v) is 5.50. The number of nitrogens with zero attached hydrogens (tertiary/aromatic N) is 4. The Hall–Kier alpha value is -3.58. The van der Waals surface area contributed by atoms with Crippen LogP contribution in [0.4, 0.5) is 11.4 Å².